The molecule has 130 valence electrons. The first-order valence-electron chi connectivity index (χ1n) is 8.85. The molecule has 1 heterocycles. The van der Waals surface area contributed by atoms with Crippen LogP contribution in [-0.2, 0) is 6.54 Å². The van der Waals surface area contributed by atoms with E-state index in [9.17, 15) is 0 Å². The lowest BCUT2D eigenvalue weighted by atomic mass is 9.95. The highest BCUT2D eigenvalue weighted by atomic mass is 15.2. The van der Waals surface area contributed by atoms with Gasteiger partial charge in [0, 0.05) is 35.4 Å². The van der Waals surface area contributed by atoms with Crippen LogP contribution in [0.5, 0.6) is 0 Å². The van der Waals surface area contributed by atoms with Gasteiger partial charge in [-0.05, 0) is 39.3 Å². The van der Waals surface area contributed by atoms with Crippen molar-refractivity contribution in [2.24, 2.45) is 5.11 Å². The summed E-state index contributed by atoms with van der Waals surface area (Å²) < 4.78 is 0. The van der Waals surface area contributed by atoms with Crippen molar-refractivity contribution in [3.8, 4) is 0 Å². The van der Waals surface area contributed by atoms with Crippen LogP contribution in [0.25, 0.3) is 11.4 Å². The van der Waals surface area contributed by atoms with Gasteiger partial charge in [-0.15, -0.1) is 0 Å². The van der Waals surface area contributed by atoms with Crippen molar-refractivity contribution in [1.82, 2.24) is 5.32 Å². The molecule has 0 saturated carbocycles. The first-order chi connectivity index (χ1) is 12.0. The summed E-state index contributed by atoms with van der Waals surface area (Å²) in [5, 5.41) is 7.50. The van der Waals surface area contributed by atoms with E-state index in [4.69, 9.17) is 5.53 Å². The molecule has 0 radical (unpaired) electrons. The van der Waals surface area contributed by atoms with Gasteiger partial charge >= 0.3 is 0 Å². The van der Waals surface area contributed by atoms with E-state index < -0.39 is 0 Å². The summed E-state index contributed by atoms with van der Waals surface area (Å²) in [4.78, 5) is 2.38. The third kappa shape index (κ3) is 3.29. The van der Waals surface area contributed by atoms with E-state index in [1.54, 1.807) is 0 Å². The Morgan fingerprint density at radius 1 is 0.960 bits per heavy atom. The average Bonchev–Trinajstić information content (AvgIpc) is 2.58. The quantitative estimate of drug-likeness (QED) is 0.748. The van der Waals surface area contributed by atoms with Crippen molar-refractivity contribution in [2.75, 3.05) is 4.90 Å². The molecule has 0 spiro atoms. The Morgan fingerprint density at radius 3 is 2.24 bits per heavy atom. The van der Waals surface area contributed by atoms with Crippen molar-refractivity contribution >= 4 is 17.1 Å². The highest BCUT2D eigenvalue weighted by molar-refractivity contribution is 5.94. The smallest absolute Gasteiger partial charge is 0.118 e. The Labute approximate surface area is 150 Å². The number of hydrogen-bond acceptors (Lipinski definition) is 4. The fourth-order valence-corrected chi connectivity index (χ4v) is 3.37. The number of rotatable bonds is 4. The molecule has 4 heteroatoms. The molecule has 2 N–H and O–H groups in total. The molecule has 1 aliphatic heterocycles. The number of nitrogens with one attached hydrogen (secondary N) is 2. The van der Waals surface area contributed by atoms with Crippen LogP contribution in [0.2, 0.25) is 0 Å². The predicted octanol–water partition coefficient (Wildman–Crippen LogP) is 5.27. The maximum absolute atomic E-state index is 7.89. The molecule has 1 aliphatic rings. The van der Waals surface area contributed by atoms with E-state index in [1.807, 2.05) is 6.07 Å². The summed E-state index contributed by atoms with van der Waals surface area (Å²) in [6.45, 7) is 9.47. The van der Waals surface area contributed by atoms with Crippen LogP contribution in [0.3, 0.4) is 0 Å². The van der Waals surface area contributed by atoms with Gasteiger partial charge in [0.25, 0.3) is 0 Å². The fraction of sp³-hybridized carbons (Fsp3) is 0.333. The Hall–Kier alpha value is -2.62. The van der Waals surface area contributed by atoms with E-state index in [0.29, 0.717) is 11.7 Å². The first-order valence-corrected chi connectivity index (χ1v) is 8.85. The topological polar surface area (TPSA) is 51.5 Å². The summed E-state index contributed by atoms with van der Waals surface area (Å²) in [5.41, 5.74) is 14.0. The third-order valence-electron chi connectivity index (χ3n) is 4.50. The van der Waals surface area contributed by atoms with Crippen LogP contribution in [0.15, 0.2) is 53.6 Å². The molecule has 0 aliphatic carbocycles. The van der Waals surface area contributed by atoms with E-state index in [2.05, 4.69) is 85.5 Å². The molecule has 0 bridgehead atoms. The lowest BCUT2D eigenvalue weighted by Crippen LogP contribution is -2.33. The number of fused-ring (bicyclic) bond motifs is 2. The van der Waals surface area contributed by atoms with Crippen molar-refractivity contribution in [2.45, 2.75) is 46.3 Å². The number of benzene rings is 2. The van der Waals surface area contributed by atoms with Crippen molar-refractivity contribution in [3.05, 3.63) is 65.2 Å². The Kier molecular flexibility index (Phi) is 4.88. The number of hydrogen-bond donors (Lipinski definition) is 2. The van der Waals surface area contributed by atoms with Gasteiger partial charge in [-0.3, -0.25) is 0 Å². The molecule has 4 nitrogen and oxygen atoms in total. The highest BCUT2D eigenvalue weighted by Gasteiger charge is 2.25. The van der Waals surface area contributed by atoms with Crippen LogP contribution in [0, 0.1) is 5.53 Å². The second-order valence-electron chi connectivity index (χ2n) is 7.03. The van der Waals surface area contributed by atoms with Crippen LogP contribution < -0.4 is 10.2 Å². The zero-order valence-corrected chi connectivity index (χ0v) is 15.4. The predicted molar refractivity (Wildman–Crippen MR) is 104 cm³/mol. The second-order valence-corrected chi connectivity index (χ2v) is 7.03. The standard InChI is InChI=1S/C21H26N4/c1-14(2)23-20-17-10-6-5-9-16(17)13-25(15(3)4)19-12-8-7-11-18(19)21(20)24-22/h5-12,14-15,22-23H,13H2,1-4H3/b21-20-,24-22?. The van der Waals surface area contributed by atoms with Gasteiger partial charge < -0.3 is 10.2 Å². The minimum atomic E-state index is 0.257. The molecule has 3 rings (SSSR count). The van der Waals surface area contributed by atoms with Crippen LogP contribution in [0.4, 0.5) is 5.69 Å². The van der Waals surface area contributed by atoms with Gasteiger partial charge in [-0.25, -0.2) is 5.53 Å². The normalized spacial score (nSPS) is 17.0. The van der Waals surface area contributed by atoms with E-state index in [0.717, 1.165) is 29.1 Å². The van der Waals surface area contributed by atoms with Crippen molar-refractivity contribution in [3.63, 3.8) is 0 Å². The second kappa shape index (κ2) is 7.09. The van der Waals surface area contributed by atoms with Gasteiger partial charge in [0.05, 0.1) is 5.70 Å². The van der Waals surface area contributed by atoms with Crippen molar-refractivity contribution in [1.29, 1.82) is 5.53 Å². The minimum absolute atomic E-state index is 0.257. The monoisotopic (exact) mass is 334 g/mol. The lowest BCUT2D eigenvalue weighted by molar-refractivity contribution is 0.676. The molecule has 0 saturated heterocycles. The molecule has 0 amide bonds. The molecule has 0 atom stereocenters. The van der Waals surface area contributed by atoms with E-state index in [1.165, 1.54) is 5.56 Å². The van der Waals surface area contributed by atoms with Crippen LogP contribution >= 0.6 is 0 Å². The molecule has 0 fully saturated rings. The number of nitrogens with zero attached hydrogens (tertiary/aromatic N) is 2. The summed E-state index contributed by atoms with van der Waals surface area (Å²) in [7, 11) is 0. The average molecular weight is 334 g/mol. The Bertz CT molecular complexity index is 805. The minimum Gasteiger partial charge on any atom is -0.381 e. The summed E-state index contributed by atoms with van der Waals surface area (Å²) in [6, 6.07) is 17.3. The largest absolute Gasteiger partial charge is 0.381 e. The Balaban J connectivity index is 2.36. The molecule has 0 aromatic heterocycles. The summed E-state index contributed by atoms with van der Waals surface area (Å²) in [6.07, 6.45) is 0. The highest BCUT2D eigenvalue weighted by Crippen LogP contribution is 2.38. The molecular formula is C21H26N4. The maximum atomic E-state index is 7.89. The number of para-hydroxylation sites is 1. The summed E-state index contributed by atoms with van der Waals surface area (Å²) in [5.74, 6) is 0. The van der Waals surface area contributed by atoms with Crippen LogP contribution in [-0.4, -0.2) is 12.1 Å². The molecule has 2 aromatic rings. The molecular weight excluding hydrogens is 308 g/mol. The van der Waals surface area contributed by atoms with E-state index >= 15 is 0 Å². The SMILES string of the molecule is CC(C)N/C1=C(\N=N)c2ccccc2N(C(C)C)Cc2ccccc21. The van der Waals surface area contributed by atoms with Gasteiger partial charge in [0.15, 0.2) is 0 Å². The van der Waals surface area contributed by atoms with Crippen LogP contribution in [0.1, 0.15) is 44.4 Å². The number of anilines is 1. The maximum Gasteiger partial charge on any atom is 0.118 e. The zero-order chi connectivity index (χ0) is 18.0. The van der Waals surface area contributed by atoms with Crippen molar-refractivity contribution < 1.29 is 0 Å². The molecule has 2 aromatic carbocycles. The van der Waals surface area contributed by atoms with Gasteiger partial charge in [0.1, 0.15) is 5.70 Å². The van der Waals surface area contributed by atoms with E-state index in [-0.39, 0.29) is 6.04 Å². The van der Waals surface area contributed by atoms with Gasteiger partial charge in [-0.1, -0.05) is 42.5 Å². The fourth-order valence-electron chi connectivity index (χ4n) is 3.37. The zero-order valence-electron chi connectivity index (χ0n) is 15.4. The first kappa shape index (κ1) is 17.2. The Morgan fingerprint density at radius 2 is 1.60 bits per heavy atom. The lowest BCUT2D eigenvalue weighted by Gasteiger charge is -2.34. The molecule has 25 heavy (non-hydrogen) atoms. The van der Waals surface area contributed by atoms with Gasteiger partial charge in [-0.2, -0.15) is 5.11 Å². The molecule has 0 unspecified atom stereocenters. The summed E-state index contributed by atoms with van der Waals surface area (Å²) >= 11 is 0. The third-order valence-corrected chi connectivity index (χ3v) is 4.50. The van der Waals surface area contributed by atoms with Gasteiger partial charge in [0.2, 0.25) is 0 Å².